The molecule has 1 unspecified atom stereocenters. The Morgan fingerprint density at radius 1 is 1.35 bits per heavy atom. The summed E-state index contributed by atoms with van der Waals surface area (Å²) in [6.07, 6.45) is 1.74. The largest absolute Gasteiger partial charge is 0.368 e. The van der Waals surface area contributed by atoms with Crippen LogP contribution in [0.1, 0.15) is 11.9 Å². The number of nitrogens with one attached hydrogen (secondary N) is 1. The molecule has 26 heavy (non-hydrogen) atoms. The molecule has 1 aliphatic rings. The van der Waals surface area contributed by atoms with Crippen LogP contribution in [0, 0.1) is 0 Å². The second-order valence-electron chi connectivity index (χ2n) is 5.98. The Kier molecular flexibility index (Phi) is 4.55. The van der Waals surface area contributed by atoms with Gasteiger partial charge < -0.3 is 20.9 Å². The maximum absolute atomic E-state index is 12.4. The monoisotopic (exact) mass is 390 g/mol. The van der Waals surface area contributed by atoms with Crippen molar-refractivity contribution in [1.29, 1.82) is 0 Å². The highest BCUT2D eigenvalue weighted by molar-refractivity contribution is 7.16. The van der Waals surface area contributed by atoms with Gasteiger partial charge in [0.25, 0.3) is 0 Å². The molecule has 0 radical (unpaired) electrons. The fourth-order valence-electron chi connectivity index (χ4n) is 3.02. The Morgan fingerprint density at radius 2 is 2.23 bits per heavy atom. The van der Waals surface area contributed by atoms with E-state index in [1.807, 2.05) is 10.3 Å². The van der Waals surface area contributed by atoms with Crippen molar-refractivity contribution in [2.24, 2.45) is 0 Å². The average Bonchev–Trinajstić information content (AvgIpc) is 3.30. The normalized spacial score (nSPS) is 17.7. The van der Waals surface area contributed by atoms with Gasteiger partial charge in [0, 0.05) is 37.3 Å². The third-order valence-electron chi connectivity index (χ3n) is 4.26. The molecule has 9 nitrogen and oxygen atoms in total. The topological polar surface area (TPSA) is 113 Å². The predicted octanol–water partition coefficient (Wildman–Crippen LogP) is 1.55. The number of anilines is 2. The third kappa shape index (κ3) is 3.27. The molecular weight excluding hydrogens is 372 g/mol. The van der Waals surface area contributed by atoms with E-state index in [9.17, 15) is 4.79 Å². The Labute approximate surface area is 157 Å². The van der Waals surface area contributed by atoms with Crippen LogP contribution in [-0.2, 0) is 6.54 Å². The molecule has 0 aromatic carbocycles. The summed E-state index contributed by atoms with van der Waals surface area (Å²) >= 11 is 2.97. The number of hydrogen-bond donors (Lipinski definition) is 2. The lowest BCUT2D eigenvalue weighted by molar-refractivity contribution is 0.186. The standard InChI is InChI=1S/C15H18N8OS2/c1-9-7-22(15(24)18-6-10-17-2-5-25-10)3-4-23(9)12-11-13(26-8-19-11)21-14(16)20-12/h2,5,8-9H,3-4,6-7H2,1H3,(H,18,24)(H2,16,20,21). The van der Waals surface area contributed by atoms with Crippen molar-refractivity contribution in [3.05, 3.63) is 22.1 Å². The number of nitrogen functional groups attached to an aromatic ring is 1. The Bertz CT molecular complexity index is 912. The molecule has 3 N–H and O–H groups in total. The fourth-order valence-corrected chi connectivity index (χ4v) is 4.24. The quantitative estimate of drug-likeness (QED) is 0.697. The van der Waals surface area contributed by atoms with Crippen LogP contribution in [0.4, 0.5) is 16.6 Å². The van der Waals surface area contributed by atoms with Crippen LogP contribution in [-0.4, -0.2) is 56.5 Å². The smallest absolute Gasteiger partial charge is 0.317 e. The van der Waals surface area contributed by atoms with E-state index < -0.39 is 0 Å². The summed E-state index contributed by atoms with van der Waals surface area (Å²) in [6.45, 7) is 4.38. The summed E-state index contributed by atoms with van der Waals surface area (Å²) in [5.41, 5.74) is 8.36. The second kappa shape index (κ2) is 7.00. The zero-order valence-corrected chi connectivity index (χ0v) is 15.8. The lowest BCUT2D eigenvalue weighted by Gasteiger charge is -2.40. The minimum atomic E-state index is -0.0762. The van der Waals surface area contributed by atoms with Gasteiger partial charge in [0.05, 0.1) is 12.1 Å². The maximum atomic E-state index is 12.4. The number of nitrogens with zero attached hydrogens (tertiary/aromatic N) is 6. The van der Waals surface area contributed by atoms with Gasteiger partial charge in [-0.2, -0.15) is 4.98 Å². The van der Waals surface area contributed by atoms with E-state index in [1.54, 1.807) is 11.7 Å². The average molecular weight is 390 g/mol. The molecule has 0 bridgehead atoms. The number of rotatable bonds is 3. The third-order valence-corrected chi connectivity index (χ3v) is 5.76. The lowest BCUT2D eigenvalue weighted by atomic mass is 10.2. The van der Waals surface area contributed by atoms with E-state index >= 15 is 0 Å². The molecule has 11 heteroatoms. The van der Waals surface area contributed by atoms with Gasteiger partial charge in [-0.15, -0.1) is 22.7 Å². The predicted molar refractivity (Wildman–Crippen MR) is 102 cm³/mol. The van der Waals surface area contributed by atoms with Gasteiger partial charge in [-0.25, -0.2) is 19.7 Å². The number of aromatic nitrogens is 4. The van der Waals surface area contributed by atoms with Crippen molar-refractivity contribution in [3.63, 3.8) is 0 Å². The Morgan fingerprint density at radius 3 is 3.00 bits per heavy atom. The summed E-state index contributed by atoms with van der Waals surface area (Å²) in [5.74, 6) is 0.983. The summed E-state index contributed by atoms with van der Waals surface area (Å²) in [5, 5.41) is 5.72. The van der Waals surface area contributed by atoms with Gasteiger partial charge in [-0.3, -0.25) is 0 Å². The maximum Gasteiger partial charge on any atom is 0.317 e. The molecule has 3 aromatic rings. The lowest BCUT2D eigenvalue weighted by Crippen LogP contribution is -2.56. The van der Waals surface area contributed by atoms with Crippen LogP contribution in [0.5, 0.6) is 0 Å². The summed E-state index contributed by atoms with van der Waals surface area (Å²) in [6, 6.07) is 0.0151. The number of piperazine rings is 1. The molecule has 1 saturated heterocycles. The highest BCUT2D eigenvalue weighted by Gasteiger charge is 2.29. The molecule has 3 aromatic heterocycles. The number of thiazole rings is 2. The zero-order valence-electron chi connectivity index (χ0n) is 14.1. The van der Waals surface area contributed by atoms with Gasteiger partial charge in [0.15, 0.2) is 10.6 Å². The Balaban J connectivity index is 1.44. The first-order valence-corrected chi connectivity index (χ1v) is 9.92. The van der Waals surface area contributed by atoms with Crippen LogP contribution >= 0.6 is 22.7 Å². The minimum Gasteiger partial charge on any atom is -0.368 e. The SMILES string of the molecule is CC1CN(C(=O)NCc2nccs2)CCN1c1nc(N)nc2scnc12. The van der Waals surface area contributed by atoms with Crippen LogP contribution in [0.15, 0.2) is 17.1 Å². The van der Waals surface area contributed by atoms with E-state index in [0.29, 0.717) is 26.2 Å². The van der Waals surface area contributed by atoms with Crippen LogP contribution in [0.25, 0.3) is 10.3 Å². The van der Waals surface area contributed by atoms with E-state index in [4.69, 9.17) is 5.73 Å². The number of nitrogens with two attached hydrogens (primary N) is 1. The molecule has 1 fully saturated rings. The number of amides is 2. The minimum absolute atomic E-state index is 0.0762. The molecule has 0 saturated carbocycles. The summed E-state index contributed by atoms with van der Waals surface area (Å²) < 4.78 is 0. The zero-order chi connectivity index (χ0) is 18.1. The van der Waals surface area contributed by atoms with Crippen molar-refractivity contribution >= 4 is 50.8 Å². The van der Waals surface area contributed by atoms with E-state index in [-0.39, 0.29) is 18.0 Å². The number of fused-ring (bicyclic) bond motifs is 1. The summed E-state index contributed by atoms with van der Waals surface area (Å²) in [4.78, 5) is 34.3. The first kappa shape index (κ1) is 16.9. The van der Waals surface area contributed by atoms with E-state index in [1.165, 1.54) is 22.7 Å². The molecule has 1 atom stereocenters. The Hall–Kier alpha value is -2.53. The highest BCUT2D eigenvalue weighted by Crippen LogP contribution is 2.28. The molecule has 1 aliphatic heterocycles. The van der Waals surface area contributed by atoms with E-state index in [0.717, 1.165) is 21.2 Å². The van der Waals surface area contributed by atoms with Crippen molar-refractivity contribution in [2.75, 3.05) is 30.3 Å². The van der Waals surface area contributed by atoms with Gasteiger partial charge in [-0.05, 0) is 6.92 Å². The molecule has 4 heterocycles. The van der Waals surface area contributed by atoms with Crippen molar-refractivity contribution < 1.29 is 4.79 Å². The van der Waals surface area contributed by atoms with Crippen molar-refractivity contribution in [3.8, 4) is 0 Å². The summed E-state index contributed by atoms with van der Waals surface area (Å²) in [7, 11) is 0. The first-order chi connectivity index (χ1) is 12.6. The highest BCUT2D eigenvalue weighted by atomic mass is 32.1. The molecular formula is C15H18N8OS2. The van der Waals surface area contributed by atoms with E-state index in [2.05, 4.69) is 37.1 Å². The van der Waals surface area contributed by atoms with Crippen LogP contribution < -0.4 is 16.0 Å². The van der Waals surface area contributed by atoms with Gasteiger partial charge in [0.1, 0.15) is 10.5 Å². The number of urea groups is 1. The fraction of sp³-hybridized carbons (Fsp3) is 0.400. The van der Waals surface area contributed by atoms with Crippen LogP contribution in [0.3, 0.4) is 0 Å². The van der Waals surface area contributed by atoms with Gasteiger partial charge in [-0.1, -0.05) is 0 Å². The van der Waals surface area contributed by atoms with Gasteiger partial charge in [0.2, 0.25) is 5.95 Å². The molecule has 0 spiro atoms. The first-order valence-electron chi connectivity index (χ1n) is 8.16. The molecule has 136 valence electrons. The van der Waals surface area contributed by atoms with Gasteiger partial charge >= 0.3 is 6.03 Å². The molecule has 0 aliphatic carbocycles. The molecule has 4 rings (SSSR count). The number of hydrogen-bond acceptors (Lipinski definition) is 9. The van der Waals surface area contributed by atoms with Crippen molar-refractivity contribution in [2.45, 2.75) is 19.5 Å². The van der Waals surface area contributed by atoms with Crippen molar-refractivity contribution in [1.82, 2.24) is 30.2 Å². The number of carbonyl (C=O) groups is 1. The number of carbonyl (C=O) groups excluding carboxylic acids is 1. The second-order valence-corrected chi connectivity index (χ2v) is 7.80. The van der Waals surface area contributed by atoms with Crippen LogP contribution in [0.2, 0.25) is 0 Å². The molecule has 2 amide bonds.